The molecule has 17 heavy (non-hydrogen) atoms. The van der Waals surface area contributed by atoms with Gasteiger partial charge in [-0.05, 0) is 47.5 Å². The smallest absolute Gasteiger partial charge is 0.0415 e. The van der Waals surface area contributed by atoms with E-state index >= 15 is 0 Å². The summed E-state index contributed by atoms with van der Waals surface area (Å²) >= 11 is 6.14. The van der Waals surface area contributed by atoms with Crippen molar-refractivity contribution in [2.24, 2.45) is 11.1 Å². The normalized spacial score (nSPS) is 12.0. The Kier molecular flexibility index (Phi) is 3.36. The molecule has 0 amide bonds. The van der Waals surface area contributed by atoms with E-state index in [1.807, 2.05) is 30.6 Å². The maximum Gasteiger partial charge on any atom is 0.0415 e. The summed E-state index contributed by atoms with van der Waals surface area (Å²) in [5, 5.41) is 3.06. The summed E-state index contributed by atoms with van der Waals surface area (Å²) in [6.07, 6.45) is 4.58. The Hall–Kier alpha value is -1.12. The molecule has 0 saturated carbocycles. The van der Waals surface area contributed by atoms with Crippen molar-refractivity contribution in [1.82, 2.24) is 4.98 Å². The average Bonchev–Trinajstić information content (AvgIpc) is 2.28. The van der Waals surface area contributed by atoms with Crippen molar-refractivity contribution in [2.75, 3.05) is 6.54 Å². The van der Waals surface area contributed by atoms with E-state index in [1.54, 1.807) is 0 Å². The third-order valence-corrected chi connectivity index (χ3v) is 3.24. The molecule has 2 rings (SSSR count). The number of hydrogen-bond donors (Lipinski definition) is 1. The molecular formula is C14H17ClN2. The minimum atomic E-state index is 0.0842. The molecule has 2 N–H and O–H groups in total. The van der Waals surface area contributed by atoms with Gasteiger partial charge in [-0.25, -0.2) is 0 Å². The molecule has 0 aliphatic heterocycles. The molecule has 2 nitrogen and oxygen atoms in total. The number of fused-ring (bicyclic) bond motifs is 1. The van der Waals surface area contributed by atoms with Gasteiger partial charge in [0, 0.05) is 22.8 Å². The molecule has 0 unspecified atom stereocenters. The van der Waals surface area contributed by atoms with Gasteiger partial charge in [0.1, 0.15) is 0 Å². The molecule has 0 radical (unpaired) electrons. The van der Waals surface area contributed by atoms with Gasteiger partial charge < -0.3 is 5.73 Å². The summed E-state index contributed by atoms with van der Waals surface area (Å²) in [6.45, 7) is 4.99. The molecule has 0 aliphatic rings. The Morgan fingerprint density at radius 3 is 2.82 bits per heavy atom. The minimum absolute atomic E-state index is 0.0842. The molecule has 1 aromatic carbocycles. The second-order valence-electron chi connectivity index (χ2n) is 5.21. The van der Waals surface area contributed by atoms with Crippen LogP contribution in [0.15, 0.2) is 30.6 Å². The van der Waals surface area contributed by atoms with Gasteiger partial charge in [0.25, 0.3) is 0 Å². The van der Waals surface area contributed by atoms with Crippen LogP contribution in [-0.4, -0.2) is 11.5 Å². The van der Waals surface area contributed by atoms with E-state index in [9.17, 15) is 0 Å². The number of nitrogens with zero attached hydrogens (tertiary/aromatic N) is 1. The number of nitrogens with two attached hydrogens (primary N) is 1. The summed E-state index contributed by atoms with van der Waals surface area (Å²) in [7, 11) is 0. The quantitative estimate of drug-likeness (QED) is 0.904. The number of benzene rings is 1. The first-order chi connectivity index (χ1) is 8.02. The van der Waals surface area contributed by atoms with Gasteiger partial charge in [-0.2, -0.15) is 0 Å². The lowest BCUT2D eigenvalue weighted by molar-refractivity contribution is 0.378. The molecule has 2 aromatic rings. The van der Waals surface area contributed by atoms with E-state index in [2.05, 4.69) is 18.8 Å². The summed E-state index contributed by atoms with van der Waals surface area (Å²) in [4.78, 5) is 4.13. The molecular weight excluding hydrogens is 232 g/mol. The lowest BCUT2D eigenvalue weighted by Crippen LogP contribution is -2.26. The summed E-state index contributed by atoms with van der Waals surface area (Å²) in [5.74, 6) is 0. The van der Waals surface area contributed by atoms with Crippen molar-refractivity contribution in [1.29, 1.82) is 0 Å². The molecule has 90 valence electrons. The Labute approximate surface area is 107 Å². The first-order valence-electron chi connectivity index (χ1n) is 5.74. The van der Waals surface area contributed by atoms with Gasteiger partial charge in [0.2, 0.25) is 0 Å². The molecule has 0 spiro atoms. The van der Waals surface area contributed by atoms with E-state index in [4.69, 9.17) is 17.3 Å². The molecule has 3 heteroatoms. The van der Waals surface area contributed by atoms with Crippen LogP contribution in [-0.2, 0) is 6.42 Å². The molecule has 0 atom stereocenters. The number of aromatic nitrogens is 1. The Morgan fingerprint density at radius 2 is 2.12 bits per heavy atom. The first-order valence-corrected chi connectivity index (χ1v) is 6.12. The SMILES string of the molecule is CC(C)(CN)Cc1cc(Cl)cc2cnccc12. The summed E-state index contributed by atoms with van der Waals surface area (Å²) < 4.78 is 0. The third kappa shape index (κ3) is 2.76. The highest BCUT2D eigenvalue weighted by atomic mass is 35.5. The fraction of sp³-hybridized carbons (Fsp3) is 0.357. The minimum Gasteiger partial charge on any atom is -0.330 e. The van der Waals surface area contributed by atoms with Crippen LogP contribution in [0.2, 0.25) is 5.02 Å². The topological polar surface area (TPSA) is 38.9 Å². The highest BCUT2D eigenvalue weighted by Gasteiger charge is 2.18. The van der Waals surface area contributed by atoms with Crippen LogP contribution in [0.3, 0.4) is 0 Å². The van der Waals surface area contributed by atoms with Crippen molar-refractivity contribution >= 4 is 22.4 Å². The van der Waals surface area contributed by atoms with Gasteiger partial charge >= 0.3 is 0 Å². The van der Waals surface area contributed by atoms with Crippen LogP contribution in [0, 0.1) is 5.41 Å². The van der Waals surface area contributed by atoms with Gasteiger partial charge in [0.15, 0.2) is 0 Å². The monoisotopic (exact) mass is 248 g/mol. The van der Waals surface area contributed by atoms with Crippen LogP contribution in [0.4, 0.5) is 0 Å². The lowest BCUT2D eigenvalue weighted by atomic mass is 9.84. The fourth-order valence-electron chi connectivity index (χ4n) is 1.98. The van der Waals surface area contributed by atoms with Crippen molar-refractivity contribution in [2.45, 2.75) is 20.3 Å². The van der Waals surface area contributed by atoms with Gasteiger partial charge in [-0.3, -0.25) is 4.98 Å². The molecule has 0 bridgehead atoms. The number of pyridine rings is 1. The van der Waals surface area contributed by atoms with E-state index in [1.165, 1.54) is 10.9 Å². The van der Waals surface area contributed by atoms with Crippen LogP contribution >= 0.6 is 11.6 Å². The Balaban J connectivity index is 2.53. The zero-order valence-corrected chi connectivity index (χ0v) is 11.0. The van der Waals surface area contributed by atoms with Crippen molar-refractivity contribution < 1.29 is 0 Å². The van der Waals surface area contributed by atoms with Crippen molar-refractivity contribution in [3.8, 4) is 0 Å². The lowest BCUT2D eigenvalue weighted by Gasteiger charge is -2.23. The number of hydrogen-bond acceptors (Lipinski definition) is 2. The van der Waals surface area contributed by atoms with Crippen LogP contribution < -0.4 is 5.73 Å². The maximum atomic E-state index is 6.14. The standard InChI is InChI=1S/C14H17ClN2/c1-14(2,9-16)7-10-5-12(15)6-11-8-17-4-3-13(10)11/h3-6,8H,7,9,16H2,1-2H3. The molecule has 0 fully saturated rings. The predicted molar refractivity (Wildman–Crippen MR) is 73.3 cm³/mol. The Bertz CT molecular complexity index is 535. The fourth-order valence-corrected chi connectivity index (χ4v) is 2.23. The zero-order valence-electron chi connectivity index (χ0n) is 10.2. The second-order valence-corrected chi connectivity index (χ2v) is 5.64. The second kappa shape index (κ2) is 4.63. The predicted octanol–water partition coefficient (Wildman–Crippen LogP) is 3.42. The number of halogens is 1. The zero-order chi connectivity index (χ0) is 12.5. The maximum absolute atomic E-state index is 6.14. The van der Waals surface area contributed by atoms with Gasteiger partial charge in [0.05, 0.1) is 0 Å². The highest BCUT2D eigenvalue weighted by Crippen LogP contribution is 2.28. The van der Waals surface area contributed by atoms with E-state index in [-0.39, 0.29) is 5.41 Å². The van der Waals surface area contributed by atoms with Crippen molar-refractivity contribution in [3.63, 3.8) is 0 Å². The van der Waals surface area contributed by atoms with Crippen LogP contribution in [0.25, 0.3) is 10.8 Å². The van der Waals surface area contributed by atoms with E-state index in [0.29, 0.717) is 6.54 Å². The first kappa shape index (κ1) is 12.3. The van der Waals surface area contributed by atoms with Gasteiger partial charge in [-0.1, -0.05) is 25.4 Å². The van der Waals surface area contributed by atoms with Crippen molar-refractivity contribution in [3.05, 3.63) is 41.2 Å². The summed E-state index contributed by atoms with van der Waals surface area (Å²) in [6, 6.07) is 6.01. The highest BCUT2D eigenvalue weighted by molar-refractivity contribution is 6.31. The Morgan fingerprint density at radius 1 is 1.35 bits per heavy atom. The number of rotatable bonds is 3. The third-order valence-electron chi connectivity index (χ3n) is 3.02. The average molecular weight is 249 g/mol. The van der Waals surface area contributed by atoms with E-state index in [0.717, 1.165) is 16.8 Å². The molecule has 0 aliphatic carbocycles. The van der Waals surface area contributed by atoms with Gasteiger partial charge in [-0.15, -0.1) is 0 Å². The van der Waals surface area contributed by atoms with Crippen LogP contribution in [0.1, 0.15) is 19.4 Å². The molecule has 1 heterocycles. The summed E-state index contributed by atoms with van der Waals surface area (Å²) in [5.41, 5.74) is 7.12. The largest absolute Gasteiger partial charge is 0.330 e. The van der Waals surface area contributed by atoms with Crippen LogP contribution in [0.5, 0.6) is 0 Å². The molecule has 1 aromatic heterocycles. The molecule has 0 saturated heterocycles. The van der Waals surface area contributed by atoms with E-state index < -0.39 is 0 Å².